The molecule has 2 saturated heterocycles. The van der Waals surface area contributed by atoms with Crippen molar-refractivity contribution in [3.05, 3.63) is 24.7 Å². The topological polar surface area (TPSA) is 157 Å². The number of fused-ring (bicyclic) bond motifs is 2. The fraction of sp³-hybridized carbons (Fsp3) is 0.480. The number of alkyl halides is 2. The van der Waals surface area contributed by atoms with Gasteiger partial charge in [0.1, 0.15) is 17.6 Å². The quantitative estimate of drug-likeness (QED) is 0.498. The first-order valence-corrected chi connectivity index (χ1v) is 12.9. The monoisotopic (exact) mass is 568 g/mol. The molecule has 2 aromatic heterocycles. The number of amides is 4. The minimum absolute atomic E-state index is 0.186. The Morgan fingerprint density at radius 2 is 1.83 bits per heavy atom. The van der Waals surface area contributed by atoms with Crippen LogP contribution in [0.1, 0.15) is 13.8 Å². The summed E-state index contributed by atoms with van der Waals surface area (Å²) < 4.78 is 27.0. The number of rotatable bonds is 7. The highest BCUT2D eigenvalue weighted by Gasteiger charge is 2.72. The van der Waals surface area contributed by atoms with E-state index in [-0.39, 0.29) is 37.1 Å². The van der Waals surface area contributed by atoms with E-state index < -0.39 is 53.9 Å². The number of urea groups is 1. The highest BCUT2D eigenvalue weighted by Crippen LogP contribution is 2.59. The third-order valence-corrected chi connectivity index (χ3v) is 7.90. The van der Waals surface area contributed by atoms with Crippen LogP contribution in [0.15, 0.2) is 29.6 Å². The van der Waals surface area contributed by atoms with E-state index in [0.29, 0.717) is 11.5 Å². The Morgan fingerprint density at radius 1 is 1.15 bits per heavy atom. The fourth-order valence-corrected chi connectivity index (χ4v) is 5.49. The molecule has 1 N–H and O–H groups in total. The van der Waals surface area contributed by atoms with E-state index in [0.717, 1.165) is 4.90 Å². The molecule has 16 heteroatoms. The van der Waals surface area contributed by atoms with Gasteiger partial charge in [0, 0.05) is 38.7 Å². The van der Waals surface area contributed by atoms with Crippen molar-refractivity contribution in [2.75, 3.05) is 36.9 Å². The van der Waals surface area contributed by atoms with Crippen molar-refractivity contribution in [1.29, 1.82) is 0 Å². The summed E-state index contributed by atoms with van der Waals surface area (Å²) in [7, 11) is 1.48. The molecule has 0 radical (unpaired) electrons. The van der Waals surface area contributed by atoms with Crippen molar-refractivity contribution in [3.8, 4) is 11.4 Å². The Labute approximate surface area is 232 Å². The van der Waals surface area contributed by atoms with Crippen LogP contribution >= 0.6 is 0 Å². The smallest absolute Gasteiger partial charge is 0.328 e. The molecular weight excluding hydrogens is 542 g/mol. The van der Waals surface area contributed by atoms with Gasteiger partial charge in [-0.25, -0.2) is 38.5 Å². The molecular formula is C25H26F2N10O4. The summed E-state index contributed by atoms with van der Waals surface area (Å²) in [5, 5.41) is 2.70. The number of nitrogens with zero attached hydrogens (tertiary/aromatic N) is 9. The predicted octanol–water partition coefficient (Wildman–Crippen LogP) is 0.484. The van der Waals surface area contributed by atoms with E-state index in [9.17, 15) is 28.0 Å². The number of halogens is 2. The van der Waals surface area contributed by atoms with Crippen LogP contribution in [0.2, 0.25) is 0 Å². The van der Waals surface area contributed by atoms with Gasteiger partial charge in [-0.2, -0.15) is 0 Å². The van der Waals surface area contributed by atoms with Gasteiger partial charge in [0.2, 0.25) is 11.9 Å². The number of hydrogen-bond donors (Lipinski definition) is 1. The highest BCUT2D eigenvalue weighted by molar-refractivity contribution is 6.05. The number of imide groups is 1. The molecule has 0 spiro atoms. The minimum Gasteiger partial charge on any atom is -0.340 e. The molecule has 2 aromatic rings. The van der Waals surface area contributed by atoms with Gasteiger partial charge in [0.25, 0.3) is 11.8 Å². The van der Waals surface area contributed by atoms with Crippen LogP contribution in [0.3, 0.4) is 0 Å². The Balaban J connectivity index is 1.12. The lowest BCUT2D eigenvalue weighted by Crippen LogP contribution is -2.66. The Hall–Kier alpha value is -4.63. The lowest BCUT2D eigenvalue weighted by atomic mass is 10.1. The molecule has 0 bridgehead atoms. The van der Waals surface area contributed by atoms with Gasteiger partial charge in [-0.1, -0.05) is 0 Å². The second kappa shape index (κ2) is 9.49. The van der Waals surface area contributed by atoms with E-state index in [2.05, 4.69) is 30.2 Å². The molecule has 14 nitrogen and oxygen atoms in total. The number of hydrogen-bond acceptors (Lipinski definition) is 11. The van der Waals surface area contributed by atoms with E-state index in [1.54, 1.807) is 11.8 Å². The lowest BCUT2D eigenvalue weighted by Gasteiger charge is -2.41. The number of likely N-dealkylation sites (N-methyl/N-ethyl adjacent to an activating group) is 1. The average molecular weight is 569 g/mol. The van der Waals surface area contributed by atoms with Crippen LogP contribution < -0.4 is 10.2 Å². The lowest BCUT2D eigenvalue weighted by molar-refractivity contribution is -0.141. The van der Waals surface area contributed by atoms with E-state index in [1.165, 1.54) is 54.8 Å². The maximum atomic E-state index is 13.5. The molecule has 41 heavy (non-hydrogen) atoms. The number of carbonyl (C=O) groups excluding carboxylic acids is 4. The molecule has 3 fully saturated rings. The molecule has 4 amide bonds. The molecule has 0 aromatic carbocycles. The van der Waals surface area contributed by atoms with Gasteiger partial charge in [0.15, 0.2) is 18.0 Å². The Kier molecular flexibility index (Phi) is 6.15. The molecule has 1 aliphatic carbocycles. The van der Waals surface area contributed by atoms with Crippen molar-refractivity contribution >= 4 is 41.7 Å². The molecule has 5 atom stereocenters. The first-order valence-electron chi connectivity index (χ1n) is 12.9. The van der Waals surface area contributed by atoms with E-state index >= 15 is 0 Å². The fourth-order valence-electron chi connectivity index (χ4n) is 5.49. The number of nitrogens with one attached hydrogen (secondary N) is 1. The number of piperidine rings is 1. The number of ketones is 1. The van der Waals surface area contributed by atoms with Crippen molar-refractivity contribution in [1.82, 2.24) is 34.6 Å². The molecule has 4 aliphatic rings. The summed E-state index contributed by atoms with van der Waals surface area (Å²) in [5.74, 6) is -4.57. The summed E-state index contributed by atoms with van der Waals surface area (Å²) >= 11 is 0. The third-order valence-electron chi connectivity index (χ3n) is 7.90. The number of aromatic nitrogens is 4. The largest absolute Gasteiger partial charge is 0.340 e. The summed E-state index contributed by atoms with van der Waals surface area (Å²) in [6.45, 7) is 2.91. The normalized spacial score (nSPS) is 26.7. The van der Waals surface area contributed by atoms with Crippen LogP contribution in [0.4, 0.5) is 25.3 Å². The molecule has 3 aliphatic heterocycles. The summed E-state index contributed by atoms with van der Waals surface area (Å²) in [4.78, 5) is 77.3. The second-order valence-corrected chi connectivity index (χ2v) is 10.6. The highest BCUT2D eigenvalue weighted by atomic mass is 19.3. The summed E-state index contributed by atoms with van der Waals surface area (Å²) in [6, 6.07) is -0.999. The van der Waals surface area contributed by atoms with Crippen molar-refractivity contribution in [2.45, 2.75) is 38.0 Å². The number of anilines is 2. The molecule has 4 unspecified atom stereocenters. The third kappa shape index (κ3) is 4.42. The number of carbonyl (C=O) groups is 4. The first kappa shape index (κ1) is 26.6. The van der Waals surface area contributed by atoms with Crippen LogP contribution in [0.5, 0.6) is 0 Å². The molecule has 5 heterocycles. The maximum absolute atomic E-state index is 13.5. The van der Waals surface area contributed by atoms with Crippen molar-refractivity contribution in [2.24, 2.45) is 16.8 Å². The van der Waals surface area contributed by atoms with Crippen LogP contribution in [0, 0.1) is 11.8 Å². The SMILES string of the molecule is CC(=O)CN1C(=O)C2C(N=CN2[C@@H](C)C(=O)Nc2ccnc(-c3cnc(N4CC5C(C4)C5(F)F)nc3)n2)N(C)C1=O. The molecule has 1 saturated carbocycles. The number of Topliss-reactive ketones (excluding diaryl/α,β-unsaturated/α-hetero) is 1. The zero-order valence-electron chi connectivity index (χ0n) is 22.3. The van der Waals surface area contributed by atoms with Crippen LogP contribution in [-0.4, -0.2) is 115 Å². The summed E-state index contributed by atoms with van der Waals surface area (Å²) in [5.41, 5.74) is 0.466. The maximum Gasteiger partial charge on any atom is 0.328 e. The van der Waals surface area contributed by atoms with Gasteiger partial charge >= 0.3 is 6.03 Å². The predicted molar refractivity (Wildman–Crippen MR) is 139 cm³/mol. The van der Waals surface area contributed by atoms with Gasteiger partial charge in [-0.3, -0.25) is 19.3 Å². The van der Waals surface area contributed by atoms with Gasteiger partial charge in [-0.05, 0) is 19.9 Å². The van der Waals surface area contributed by atoms with E-state index in [4.69, 9.17) is 0 Å². The molecule has 214 valence electrons. The zero-order valence-corrected chi connectivity index (χ0v) is 22.3. The molecule has 6 rings (SSSR count). The summed E-state index contributed by atoms with van der Waals surface area (Å²) in [6.07, 6.45) is 4.96. The van der Waals surface area contributed by atoms with Crippen LogP contribution in [0.25, 0.3) is 11.4 Å². The zero-order chi connectivity index (χ0) is 29.2. The van der Waals surface area contributed by atoms with Gasteiger partial charge in [-0.15, -0.1) is 0 Å². The van der Waals surface area contributed by atoms with Gasteiger partial charge in [0.05, 0.1) is 30.3 Å². The first-order chi connectivity index (χ1) is 19.5. The minimum atomic E-state index is -2.59. The van der Waals surface area contributed by atoms with Crippen LogP contribution in [-0.2, 0) is 14.4 Å². The second-order valence-electron chi connectivity index (χ2n) is 10.6. The van der Waals surface area contributed by atoms with E-state index in [1.807, 2.05) is 0 Å². The van der Waals surface area contributed by atoms with Crippen molar-refractivity contribution < 1.29 is 28.0 Å². The van der Waals surface area contributed by atoms with Crippen molar-refractivity contribution in [3.63, 3.8) is 0 Å². The number of aliphatic imine (C=N–C) groups is 1. The van der Waals surface area contributed by atoms with Gasteiger partial charge < -0.3 is 20.0 Å². The standard InChI is InChI=1S/C25H26F2N10O4/c1-12(38)8-36-22(40)18-20(34(3)24(36)41)31-11-37(18)13(2)21(39)33-17-4-5-28-19(32-17)14-6-29-23(30-7-14)35-9-15-16(10-35)25(15,26)27/h4-7,11,13,15-16,18,20H,8-10H2,1-3H3,(H,28,32,33,39)/t13-,15?,16?,18?,20?/m0/s1. The average Bonchev–Trinajstić information content (AvgIpc) is 3.38. The Bertz CT molecular complexity index is 1460. The Morgan fingerprint density at radius 3 is 2.49 bits per heavy atom.